The van der Waals surface area contributed by atoms with Crippen LogP contribution in [0.15, 0.2) is 30.3 Å². The molecule has 4 nitrogen and oxygen atoms in total. The maximum Gasteiger partial charge on any atom is 0.246 e. The molecular formula is C20H28N2O2. The van der Waals surface area contributed by atoms with Crippen molar-refractivity contribution in [3.8, 4) is 5.75 Å². The molecule has 1 aliphatic carbocycles. The fraction of sp³-hybridized carbons (Fsp3) is 0.550. The van der Waals surface area contributed by atoms with Gasteiger partial charge in [0.05, 0.1) is 7.11 Å². The SMILES string of the molecule is COc1cccc(C=CC(=O)N2CCN(C3CCCCC3)CC2)c1. The lowest BCUT2D eigenvalue weighted by Crippen LogP contribution is -2.52. The third-order valence-corrected chi connectivity index (χ3v) is 5.23. The first kappa shape index (κ1) is 17.0. The second-order valence-electron chi connectivity index (χ2n) is 6.76. The van der Waals surface area contributed by atoms with Gasteiger partial charge in [0.25, 0.3) is 0 Å². The van der Waals surface area contributed by atoms with Gasteiger partial charge in [-0.2, -0.15) is 0 Å². The van der Waals surface area contributed by atoms with Crippen LogP contribution in [0.3, 0.4) is 0 Å². The average Bonchev–Trinajstić information content (AvgIpc) is 2.67. The van der Waals surface area contributed by atoms with Crippen LogP contribution in [0.5, 0.6) is 5.75 Å². The number of amides is 1. The summed E-state index contributed by atoms with van der Waals surface area (Å²) in [5.41, 5.74) is 0.989. The van der Waals surface area contributed by atoms with Gasteiger partial charge in [0, 0.05) is 38.3 Å². The summed E-state index contributed by atoms with van der Waals surface area (Å²) in [6, 6.07) is 8.51. The molecule has 1 aromatic carbocycles. The number of benzene rings is 1. The molecule has 0 atom stereocenters. The second-order valence-corrected chi connectivity index (χ2v) is 6.76. The van der Waals surface area contributed by atoms with Gasteiger partial charge in [-0.05, 0) is 36.6 Å². The van der Waals surface area contributed by atoms with Crippen LogP contribution in [0.2, 0.25) is 0 Å². The minimum absolute atomic E-state index is 0.112. The molecule has 3 rings (SSSR count). The third kappa shape index (κ3) is 4.38. The maximum absolute atomic E-state index is 12.4. The lowest BCUT2D eigenvalue weighted by molar-refractivity contribution is -0.128. The fourth-order valence-corrected chi connectivity index (χ4v) is 3.77. The van der Waals surface area contributed by atoms with Crippen LogP contribution in [-0.2, 0) is 4.79 Å². The van der Waals surface area contributed by atoms with Crippen molar-refractivity contribution >= 4 is 12.0 Å². The summed E-state index contributed by atoms with van der Waals surface area (Å²) in [6.07, 6.45) is 10.4. The molecule has 0 N–H and O–H groups in total. The number of hydrogen-bond donors (Lipinski definition) is 0. The number of carbonyl (C=O) groups excluding carboxylic acids is 1. The quantitative estimate of drug-likeness (QED) is 0.796. The molecule has 1 heterocycles. The van der Waals surface area contributed by atoms with Gasteiger partial charge in [-0.15, -0.1) is 0 Å². The standard InChI is InChI=1S/C20H28N2O2/c1-24-19-9-5-6-17(16-19)10-11-20(23)22-14-12-21(13-15-22)18-7-3-2-4-8-18/h5-6,9-11,16,18H,2-4,7-8,12-15H2,1H3. The zero-order chi connectivity index (χ0) is 16.8. The van der Waals surface area contributed by atoms with Gasteiger partial charge in [-0.25, -0.2) is 0 Å². The highest BCUT2D eigenvalue weighted by Gasteiger charge is 2.26. The molecule has 4 heteroatoms. The Morgan fingerprint density at radius 1 is 1.12 bits per heavy atom. The molecule has 0 radical (unpaired) electrons. The topological polar surface area (TPSA) is 32.8 Å². The molecule has 0 spiro atoms. The Morgan fingerprint density at radius 3 is 2.58 bits per heavy atom. The molecule has 1 saturated carbocycles. The Balaban J connectivity index is 1.50. The van der Waals surface area contributed by atoms with Crippen molar-refractivity contribution in [2.45, 2.75) is 38.1 Å². The predicted octanol–water partition coefficient (Wildman–Crippen LogP) is 3.19. The van der Waals surface area contributed by atoms with Crippen molar-refractivity contribution in [3.05, 3.63) is 35.9 Å². The van der Waals surface area contributed by atoms with E-state index in [4.69, 9.17) is 4.74 Å². The second kappa shape index (κ2) is 8.34. The molecule has 1 amide bonds. The van der Waals surface area contributed by atoms with Gasteiger partial charge in [0.2, 0.25) is 5.91 Å². The third-order valence-electron chi connectivity index (χ3n) is 5.23. The summed E-state index contributed by atoms with van der Waals surface area (Å²) in [7, 11) is 1.65. The molecule has 2 aliphatic rings. The highest BCUT2D eigenvalue weighted by atomic mass is 16.5. The van der Waals surface area contributed by atoms with E-state index in [2.05, 4.69) is 4.90 Å². The van der Waals surface area contributed by atoms with Crippen molar-refractivity contribution in [2.24, 2.45) is 0 Å². The summed E-state index contributed by atoms with van der Waals surface area (Å²) in [6.45, 7) is 3.72. The number of methoxy groups -OCH3 is 1. The summed E-state index contributed by atoms with van der Waals surface area (Å²) < 4.78 is 5.21. The van der Waals surface area contributed by atoms with Gasteiger partial charge < -0.3 is 9.64 Å². The highest BCUT2D eigenvalue weighted by Crippen LogP contribution is 2.23. The van der Waals surface area contributed by atoms with Crippen LogP contribution in [0, 0.1) is 0 Å². The molecule has 0 unspecified atom stereocenters. The van der Waals surface area contributed by atoms with Gasteiger partial charge in [0.15, 0.2) is 0 Å². The lowest BCUT2D eigenvalue weighted by Gasteiger charge is -2.40. The van der Waals surface area contributed by atoms with E-state index in [9.17, 15) is 4.79 Å². The minimum atomic E-state index is 0.112. The Labute approximate surface area is 145 Å². The first-order valence-corrected chi connectivity index (χ1v) is 9.11. The van der Waals surface area contributed by atoms with E-state index in [1.807, 2.05) is 35.2 Å². The first-order valence-electron chi connectivity index (χ1n) is 9.11. The smallest absolute Gasteiger partial charge is 0.246 e. The van der Waals surface area contributed by atoms with Crippen molar-refractivity contribution < 1.29 is 9.53 Å². The van der Waals surface area contributed by atoms with E-state index in [1.165, 1.54) is 32.1 Å². The Hall–Kier alpha value is -1.81. The zero-order valence-electron chi connectivity index (χ0n) is 14.6. The van der Waals surface area contributed by atoms with Crippen LogP contribution in [0.4, 0.5) is 0 Å². The number of carbonyl (C=O) groups is 1. The predicted molar refractivity (Wildman–Crippen MR) is 97.1 cm³/mol. The number of piperazine rings is 1. The molecule has 2 fully saturated rings. The molecule has 24 heavy (non-hydrogen) atoms. The van der Waals surface area contributed by atoms with E-state index in [0.717, 1.165) is 43.5 Å². The van der Waals surface area contributed by atoms with Gasteiger partial charge in [-0.1, -0.05) is 31.4 Å². The molecule has 1 aromatic rings. The molecule has 0 aromatic heterocycles. The summed E-state index contributed by atoms with van der Waals surface area (Å²) in [5.74, 6) is 0.923. The summed E-state index contributed by atoms with van der Waals surface area (Å²) in [5, 5.41) is 0. The molecular weight excluding hydrogens is 300 g/mol. The minimum Gasteiger partial charge on any atom is -0.497 e. The van der Waals surface area contributed by atoms with Crippen LogP contribution in [0.1, 0.15) is 37.7 Å². The van der Waals surface area contributed by atoms with Crippen molar-refractivity contribution in [1.29, 1.82) is 0 Å². The van der Waals surface area contributed by atoms with E-state index >= 15 is 0 Å². The van der Waals surface area contributed by atoms with Crippen molar-refractivity contribution in [1.82, 2.24) is 9.80 Å². The van der Waals surface area contributed by atoms with Crippen LogP contribution < -0.4 is 4.74 Å². The number of hydrogen-bond acceptors (Lipinski definition) is 3. The van der Waals surface area contributed by atoms with Gasteiger partial charge in [0.1, 0.15) is 5.75 Å². The Morgan fingerprint density at radius 2 is 1.88 bits per heavy atom. The van der Waals surface area contributed by atoms with Crippen molar-refractivity contribution in [3.63, 3.8) is 0 Å². The Bertz CT molecular complexity index is 571. The van der Waals surface area contributed by atoms with Crippen molar-refractivity contribution in [2.75, 3.05) is 33.3 Å². The summed E-state index contributed by atoms with van der Waals surface area (Å²) in [4.78, 5) is 17.0. The maximum atomic E-state index is 12.4. The monoisotopic (exact) mass is 328 g/mol. The van der Waals surface area contributed by atoms with E-state index < -0.39 is 0 Å². The van der Waals surface area contributed by atoms with Gasteiger partial charge in [-0.3, -0.25) is 9.69 Å². The molecule has 130 valence electrons. The van der Waals surface area contributed by atoms with Crippen LogP contribution in [0.25, 0.3) is 6.08 Å². The van der Waals surface area contributed by atoms with Crippen LogP contribution >= 0.6 is 0 Å². The fourth-order valence-electron chi connectivity index (χ4n) is 3.77. The number of nitrogens with zero attached hydrogens (tertiary/aromatic N) is 2. The van der Waals surface area contributed by atoms with Crippen LogP contribution in [-0.4, -0.2) is 55.0 Å². The molecule has 0 bridgehead atoms. The highest BCUT2D eigenvalue weighted by molar-refractivity contribution is 5.91. The first-order chi connectivity index (χ1) is 11.8. The Kier molecular flexibility index (Phi) is 5.91. The molecule has 1 saturated heterocycles. The van der Waals surface area contributed by atoms with E-state index in [0.29, 0.717) is 0 Å². The number of ether oxygens (including phenoxy) is 1. The number of rotatable bonds is 4. The van der Waals surface area contributed by atoms with E-state index in [1.54, 1.807) is 13.2 Å². The largest absolute Gasteiger partial charge is 0.497 e. The summed E-state index contributed by atoms with van der Waals surface area (Å²) >= 11 is 0. The zero-order valence-corrected chi connectivity index (χ0v) is 14.6. The molecule has 1 aliphatic heterocycles. The lowest BCUT2D eigenvalue weighted by atomic mass is 9.94. The average molecular weight is 328 g/mol. The van der Waals surface area contributed by atoms with E-state index in [-0.39, 0.29) is 5.91 Å². The normalized spacial score (nSPS) is 20.5. The van der Waals surface area contributed by atoms with Gasteiger partial charge >= 0.3 is 0 Å².